The Morgan fingerprint density at radius 2 is 0.792 bits per heavy atom. The molecule has 0 N–H and O–H groups in total. The Labute approximate surface area is 425 Å². The summed E-state index contributed by atoms with van der Waals surface area (Å²) in [7, 11) is 0. The van der Waals surface area contributed by atoms with E-state index in [2.05, 4.69) is 280 Å². The molecule has 2 heteroatoms. The smallest absolute Gasteiger partial charge is 0.0713 e. The molecule has 2 aliphatic rings. The minimum atomic E-state index is -0.533. The van der Waals surface area contributed by atoms with Gasteiger partial charge in [-0.25, -0.2) is 0 Å². The highest BCUT2D eigenvalue weighted by Crippen LogP contribution is 2.57. The predicted octanol–water partition coefficient (Wildman–Crippen LogP) is 19.2. The number of thiophene rings is 1. The molecule has 0 spiro atoms. The Hall–Kier alpha value is -8.56. The first-order valence-electron chi connectivity index (χ1n) is 25.1. The Bertz CT molecular complexity index is 4030. The fraction of sp³-hybridized carbons (Fsp3) is 0.0571. The van der Waals surface area contributed by atoms with Crippen LogP contribution in [0.4, 0.5) is 17.1 Å². The third kappa shape index (κ3) is 6.46. The van der Waals surface area contributed by atoms with Crippen LogP contribution in [0.15, 0.2) is 261 Å². The number of rotatable bonds is 8. The maximum Gasteiger partial charge on any atom is 0.0713 e. The first kappa shape index (κ1) is 42.3. The van der Waals surface area contributed by atoms with E-state index in [1.54, 1.807) is 0 Å². The minimum absolute atomic E-state index is 0.118. The molecule has 1 aromatic heterocycles. The molecular weight excluding hydrogens is 887 g/mol. The standard InChI is InChI=1S/C70H49NS/c1-69(2)63-25-12-9-20-57(63)59-43-41-55(45-65(59)69)71(53-37-30-47(31-38-53)46-16-5-3-6-17-46)54-39-32-48(33-40-54)50-34-42-60-58-21-10-13-26-64(58)70(66(60)44-50,51-18-7-4-8-19-51)52-35-28-49(29-36-52)56-23-15-24-62-61-22-11-14-27-67(61)72-68(56)62/h3-45H,1-2H3. The molecule has 0 fully saturated rings. The highest BCUT2D eigenvalue weighted by atomic mass is 32.1. The first-order chi connectivity index (χ1) is 35.4. The van der Waals surface area contributed by atoms with Gasteiger partial charge in [-0.3, -0.25) is 0 Å². The fourth-order valence-electron chi connectivity index (χ4n) is 12.3. The van der Waals surface area contributed by atoms with E-state index in [1.165, 1.54) is 109 Å². The molecule has 1 unspecified atom stereocenters. The highest BCUT2D eigenvalue weighted by Gasteiger charge is 2.46. The molecular formula is C70H49NS. The van der Waals surface area contributed by atoms with E-state index in [-0.39, 0.29) is 5.41 Å². The van der Waals surface area contributed by atoms with Gasteiger partial charge in [0, 0.05) is 42.6 Å². The van der Waals surface area contributed by atoms with Crippen LogP contribution in [-0.4, -0.2) is 0 Å². The number of nitrogens with zero attached hydrogens (tertiary/aromatic N) is 1. The van der Waals surface area contributed by atoms with E-state index in [0.29, 0.717) is 0 Å². The molecule has 0 saturated carbocycles. The number of anilines is 3. The summed E-state index contributed by atoms with van der Waals surface area (Å²) in [5, 5.41) is 2.64. The molecule has 1 nitrogen and oxygen atoms in total. The van der Waals surface area contributed by atoms with Crippen LogP contribution in [0.3, 0.4) is 0 Å². The molecule has 72 heavy (non-hydrogen) atoms. The van der Waals surface area contributed by atoms with Gasteiger partial charge in [-0.15, -0.1) is 11.3 Å². The molecule has 11 aromatic carbocycles. The second kappa shape index (κ2) is 16.5. The van der Waals surface area contributed by atoms with E-state index in [9.17, 15) is 0 Å². The van der Waals surface area contributed by atoms with Gasteiger partial charge in [-0.2, -0.15) is 0 Å². The van der Waals surface area contributed by atoms with Crippen molar-refractivity contribution in [3.63, 3.8) is 0 Å². The third-order valence-corrected chi connectivity index (χ3v) is 17.0. The van der Waals surface area contributed by atoms with Crippen molar-refractivity contribution < 1.29 is 0 Å². The van der Waals surface area contributed by atoms with Crippen LogP contribution in [0.5, 0.6) is 0 Å². The number of hydrogen-bond donors (Lipinski definition) is 0. The lowest BCUT2D eigenvalue weighted by molar-refractivity contribution is 0.660. The van der Waals surface area contributed by atoms with Gasteiger partial charge in [-0.1, -0.05) is 226 Å². The minimum Gasteiger partial charge on any atom is -0.310 e. The van der Waals surface area contributed by atoms with E-state index in [1.807, 2.05) is 11.3 Å². The molecule has 0 bridgehead atoms. The van der Waals surface area contributed by atoms with Gasteiger partial charge < -0.3 is 4.90 Å². The van der Waals surface area contributed by atoms with Crippen molar-refractivity contribution in [3.05, 3.63) is 294 Å². The summed E-state index contributed by atoms with van der Waals surface area (Å²) in [6.07, 6.45) is 0. The molecule has 340 valence electrons. The zero-order valence-corrected chi connectivity index (χ0v) is 41.0. The SMILES string of the molecule is CC1(C)c2ccccc2-c2ccc(N(c3ccc(-c4ccccc4)cc3)c3ccc(-c4ccc5c(c4)C(c4ccccc4)(c4ccc(-c6cccc7c6sc6ccccc67)cc4)c4ccccc4-5)cc3)cc21. The van der Waals surface area contributed by atoms with Crippen LogP contribution in [0.25, 0.3) is 75.8 Å². The Morgan fingerprint density at radius 3 is 1.53 bits per heavy atom. The van der Waals surface area contributed by atoms with Gasteiger partial charge in [-0.05, 0) is 138 Å². The molecule has 1 heterocycles. The van der Waals surface area contributed by atoms with Crippen molar-refractivity contribution in [2.24, 2.45) is 0 Å². The number of fused-ring (bicyclic) bond motifs is 9. The summed E-state index contributed by atoms with van der Waals surface area (Å²) in [5.41, 5.74) is 23.1. The lowest BCUT2D eigenvalue weighted by Crippen LogP contribution is -2.28. The van der Waals surface area contributed by atoms with Crippen molar-refractivity contribution in [2.75, 3.05) is 4.90 Å². The van der Waals surface area contributed by atoms with Crippen LogP contribution >= 0.6 is 11.3 Å². The monoisotopic (exact) mass is 935 g/mol. The Kier molecular flexibility index (Phi) is 9.71. The van der Waals surface area contributed by atoms with Gasteiger partial charge in [0.25, 0.3) is 0 Å². The maximum absolute atomic E-state index is 2.48. The summed E-state index contributed by atoms with van der Waals surface area (Å²) in [4.78, 5) is 2.42. The van der Waals surface area contributed by atoms with Crippen LogP contribution in [0.1, 0.15) is 47.2 Å². The Morgan fingerprint density at radius 1 is 0.306 bits per heavy atom. The summed E-state index contributed by atoms with van der Waals surface area (Å²) in [6, 6.07) is 97.2. The second-order valence-electron chi connectivity index (χ2n) is 20.0. The normalized spacial score (nSPS) is 15.0. The molecule has 1 atom stereocenters. The average molecular weight is 936 g/mol. The summed E-state index contributed by atoms with van der Waals surface area (Å²) < 4.78 is 2.66. The largest absolute Gasteiger partial charge is 0.310 e. The van der Waals surface area contributed by atoms with Gasteiger partial charge in [0.05, 0.1) is 5.41 Å². The van der Waals surface area contributed by atoms with Crippen LogP contribution in [0.2, 0.25) is 0 Å². The second-order valence-corrected chi connectivity index (χ2v) is 21.0. The maximum atomic E-state index is 2.48. The molecule has 0 aliphatic heterocycles. The molecule has 0 saturated heterocycles. The van der Waals surface area contributed by atoms with E-state index in [0.717, 1.165) is 17.1 Å². The van der Waals surface area contributed by atoms with E-state index in [4.69, 9.17) is 0 Å². The zero-order valence-electron chi connectivity index (χ0n) is 40.2. The topological polar surface area (TPSA) is 3.24 Å². The van der Waals surface area contributed by atoms with Crippen LogP contribution in [-0.2, 0) is 10.8 Å². The predicted molar refractivity (Wildman–Crippen MR) is 305 cm³/mol. The van der Waals surface area contributed by atoms with Crippen molar-refractivity contribution in [2.45, 2.75) is 24.7 Å². The molecule has 12 aromatic rings. The molecule has 2 aliphatic carbocycles. The van der Waals surface area contributed by atoms with Crippen molar-refractivity contribution in [3.8, 4) is 55.6 Å². The van der Waals surface area contributed by atoms with Crippen LogP contribution < -0.4 is 4.90 Å². The van der Waals surface area contributed by atoms with Crippen molar-refractivity contribution in [1.29, 1.82) is 0 Å². The van der Waals surface area contributed by atoms with Gasteiger partial charge in [0.1, 0.15) is 0 Å². The lowest BCUT2D eigenvalue weighted by Gasteiger charge is -2.34. The van der Waals surface area contributed by atoms with Gasteiger partial charge in [0.2, 0.25) is 0 Å². The quantitative estimate of drug-likeness (QED) is 0.147. The summed E-state index contributed by atoms with van der Waals surface area (Å²) in [6.45, 7) is 4.72. The summed E-state index contributed by atoms with van der Waals surface area (Å²) in [5.74, 6) is 0. The highest BCUT2D eigenvalue weighted by molar-refractivity contribution is 7.26. The Balaban J connectivity index is 0.881. The van der Waals surface area contributed by atoms with Gasteiger partial charge in [0.15, 0.2) is 0 Å². The zero-order chi connectivity index (χ0) is 48.0. The van der Waals surface area contributed by atoms with Gasteiger partial charge >= 0.3 is 0 Å². The number of benzene rings is 11. The fourth-order valence-corrected chi connectivity index (χ4v) is 13.6. The molecule has 0 radical (unpaired) electrons. The third-order valence-electron chi connectivity index (χ3n) is 15.8. The summed E-state index contributed by atoms with van der Waals surface area (Å²) >= 11 is 1.89. The first-order valence-corrected chi connectivity index (χ1v) is 25.9. The van der Waals surface area contributed by atoms with Crippen molar-refractivity contribution in [1.82, 2.24) is 0 Å². The van der Waals surface area contributed by atoms with Crippen LogP contribution in [0, 0.1) is 0 Å². The van der Waals surface area contributed by atoms with E-state index < -0.39 is 5.41 Å². The van der Waals surface area contributed by atoms with Crippen molar-refractivity contribution >= 4 is 48.6 Å². The average Bonchev–Trinajstić information content (AvgIpc) is 4.06. The lowest BCUT2D eigenvalue weighted by atomic mass is 9.67. The molecule has 14 rings (SSSR count). The number of hydrogen-bond acceptors (Lipinski definition) is 2. The van der Waals surface area contributed by atoms with E-state index >= 15 is 0 Å². The molecule has 0 amide bonds.